The van der Waals surface area contributed by atoms with Crippen LogP contribution in [0.4, 0.5) is 0 Å². The van der Waals surface area contributed by atoms with Crippen LogP contribution < -0.4 is 10.1 Å². The van der Waals surface area contributed by atoms with Crippen molar-refractivity contribution in [3.8, 4) is 5.75 Å². The topological polar surface area (TPSA) is 59.2 Å². The summed E-state index contributed by atoms with van der Waals surface area (Å²) in [6, 6.07) is 12.0. The maximum atomic E-state index is 5.62. The van der Waals surface area contributed by atoms with Crippen LogP contribution in [0.25, 0.3) is 0 Å². The van der Waals surface area contributed by atoms with E-state index in [1.165, 1.54) is 0 Å². The number of methoxy groups -OCH3 is 1. The largest absolute Gasteiger partial charge is 0.497 e. The lowest BCUT2D eigenvalue weighted by Gasteiger charge is -2.22. The molecule has 1 N–H and O–H groups in total. The van der Waals surface area contributed by atoms with Crippen LogP contribution in [0.1, 0.15) is 24.7 Å². The minimum Gasteiger partial charge on any atom is -0.497 e. The van der Waals surface area contributed by atoms with E-state index >= 15 is 0 Å². The number of nitrogens with one attached hydrogen (secondary N) is 1. The van der Waals surface area contributed by atoms with Gasteiger partial charge < -0.3 is 24.1 Å². The molecule has 1 aliphatic heterocycles. The van der Waals surface area contributed by atoms with Crippen LogP contribution >= 0.6 is 24.0 Å². The van der Waals surface area contributed by atoms with Crippen molar-refractivity contribution in [2.75, 3.05) is 40.0 Å². The number of nitrogens with zero attached hydrogens (tertiary/aromatic N) is 2. The third kappa shape index (κ3) is 7.54. The number of ether oxygens (including phenoxy) is 2. The number of rotatable bonds is 9. The number of hydrogen-bond donors (Lipinski definition) is 1. The maximum absolute atomic E-state index is 5.62. The van der Waals surface area contributed by atoms with Gasteiger partial charge in [0.2, 0.25) is 0 Å². The van der Waals surface area contributed by atoms with Gasteiger partial charge >= 0.3 is 0 Å². The van der Waals surface area contributed by atoms with Crippen molar-refractivity contribution in [1.29, 1.82) is 0 Å². The summed E-state index contributed by atoms with van der Waals surface area (Å²) >= 11 is 0. The molecule has 160 valence electrons. The number of likely N-dealkylation sites (tertiary alicyclic amines) is 1. The van der Waals surface area contributed by atoms with Crippen LogP contribution in [0.2, 0.25) is 0 Å². The zero-order valence-corrected chi connectivity index (χ0v) is 19.6. The quantitative estimate of drug-likeness (QED) is 0.313. The SMILES string of the molecule is CCOCC1CCN(C(=NCc2ccc(OC)cc2)NCCc2ccco2)C1.I. The second-order valence-corrected chi connectivity index (χ2v) is 7.00. The Morgan fingerprint density at radius 1 is 1.28 bits per heavy atom. The van der Waals surface area contributed by atoms with Gasteiger partial charge in [-0.15, -0.1) is 24.0 Å². The Morgan fingerprint density at radius 3 is 2.79 bits per heavy atom. The lowest BCUT2D eigenvalue weighted by Crippen LogP contribution is -2.41. The fourth-order valence-corrected chi connectivity index (χ4v) is 3.36. The number of furan rings is 1. The first-order valence-electron chi connectivity index (χ1n) is 10.0. The Labute approximate surface area is 190 Å². The lowest BCUT2D eigenvalue weighted by atomic mass is 10.1. The van der Waals surface area contributed by atoms with E-state index in [0.717, 1.165) is 68.7 Å². The standard InChI is InChI=1S/C22H31N3O3.HI/c1-3-27-17-19-11-13-25(16-19)22(23-12-10-21-5-4-14-28-21)24-15-18-6-8-20(26-2)9-7-18;/h4-9,14,19H,3,10-13,15-17H2,1-2H3,(H,23,24);1H. The summed E-state index contributed by atoms with van der Waals surface area (Å²) in [4.78, 5) is 7.23. The van der Waals surface area contributed by atoms with E-state index in [0.29, 0.717) is 12.5 Å². The second kappa shape index (κ2) is 12.7. The molecule has 1 aliphatic rings. The molecular formula is C22H32IN3O3. The van der Waals surface area contributed by atoms with Gasteiger partial charge in [-0.25, -0.2) is 4.99 Å². The summed E-state index contributed by atoms with van der Waals surface area (Å²) < 4.78 is 16.3. The van der Waals surface area contributed by atoms with Crippen molar-refractivity contribution in [2.24, 2.45) is 10.9 Å². The van der Waals surface area contributed by atoms with E-state index in [4.69, 9.17) is 18.9 Å². The molecule has 1 fully saturated rings. The molecular weight excluding hydrogens is 481 g/mol. The van der Waals surface area contributed by atoms with E-state index in [2.05, 4.69) is 22.3 Å². The van der Waals surface area contributed by atoms with Crippen LogP contribution in [0.3, 0.4) is 0 Å². The van der Waals surface area contributed by atoms with Gasteiger partial charge in [-0.2, -0.15) is 0 Å². The Balaban J connectivity index is 0.00000300. The average Bonchev–Trinajstić information content (AvgIpc) is 3.41. The predicted molar refractivity (Wildman–Crippen MR) is 126 cm³/mol. The predicted octanol–water partition coefficient (Wildman–Crippen LogP) is 3.95. The molecule has 29 heavy (non-hydrogen) atoms. The fourth-order valence-electron chi connectivity index (χ4n) is 3.36. The summed E-state index contributed by atoms with van der Waals surface area (Å²) in [6.45, 7) is 7.07. The zero-order valence-electron chi connectivity index (χ0n) is 17.3. The van der Waals surface area contributed by atoms with Gasteiger partial charge in [-0.1, -0.05) is 12.1 Å². The normalized spacial score (nSPS) is 16.6. The highest BCUT2D eigenvalue weighted by molar-refractivity contribution is 14.0. The lowest BCUT2D eigenvalue weighted by molar-refractivity contribution is 0.114. The van der Waals surface area contributed by atoms with Crippen LogP contribution in [0.15, 0.2) is 52.1 Å². The van der Waals surface area contributed by atoms with E-state index in [9.17, 15) is 0 Å². The molecule has 0 radical (unpaired) electrons. The Hall–Kier alpha value is -1.74. The molecule has 2 aromatic rings. The summed E-state index contributed by atoms with van der Waals surface area (Å²) in [7, 11) is 1.68. The number of benzene rings is 1. The molecule has 0 spiro atoms. The number of hydrogen-bond acceptors (Lipinski definition) is 4. The molecule has 1 atom stereocenters. The molecule has 7 heteroatoms. The van der Waals surface area contributed by atoms with Gasteiger partial charge in [-0.3, -0.25) is 0 Å². The van der Waals surface area contributed by atoms with Crippen LogP contribution in [0, 0.1) is 5.92 Å². The Morgan fingerprint density at radius 2 is 2.10 bits per heavy atom. The summed E-state index contributed by atoms with van der Waals surface area (Å²) in [5, 5.41) is 3.52. The second-order valence-electron chi connectivity index (χ2n) is 7.00. The minimum absolute atomic E-state index is 0. The molecule has 3 rings (SSSR count). The van der Waals surface area contributed by atoms with E-state index < -0.39 is 0 Å². The van der Waals surface area contributed by atoms with E-state index in [1.54, 1.807) is 13.4 Å². The van der Waals surface area contributed by atoms with Crippen LogP contribution in [-0.4, -0.2) is 50.8 Å². The van der Waals surface area contributed by atoms with Gasteiger partial charge in [-0.05, 0) is 43.2 Å². The smallest absolute Gasteiger partial charge is 0.194 e. The van der Waals surface area contributed by atoms with Crippen molar-refractivity contribution in [3.05, 3.63) is 54.0 Å². The molecule has 6 nitrogen and oxygen atoms in total. The third-order valence-corrected chi connectivity index (χ3v) is 4.95. The Bertz CT molecular complexity index is 719. The van der Waals surface area contributed by atoms with Crippen molar-refractivity contribution < 1.29 is 13.9 Å². The van der Waals surface area contributed by atoms with Crippen LogP contribution in [0.5, 0.6) is 5.75 Å². The summed E-state index contributed by atoms with van der Waals surface area (Å²) in [5.74, 6) is 3.37. The molecule has 1 aromatic heterocycles. The van der Waals surface area contributed by atoms with Crippen molar-refractivity contribution >= 4 is 29.9 Å². The number of guanidine groups is 1. The summed E-state index contributed by atoms with van der Waals surface area (Å²) in [5.41, 5.74) is 1.16. The van der Waals surface area contributed by atoms with Gasteiger partial charge in [0.1, 0.15) is 11.5 Å². The van der Waals surface area contributed by atoms with Crippen molar-refractivity contribution in [2.45, 2.75) is 26.3 Å². The van der Waals surface area contributed by atoms with E-state index in [1.807, 2.05) is 31.2 Å². The molecule has 0 amide bonds. The van der Waals surface area contributed by atoms with Crippen molar-refractivity contribution in [3.63, 3.8) is 0 Å². The van der Waals surface area contributed by atoms with Gasteiger partial charge in [0.25, 0.3) is 0 Å². The highest BCUT2D eigenvalue weighted by Crippen LogP contribution is 2.17. The highest BCUT2D eigenvalue weighted by atomic mass is 127. The van der Waals surface area contributed by atoms with Gasteiger partial charge in [0.15, 0.2) is 5.96 Å². The zero-order chi connectivity index (χ0) is 19.6. The molecule has 0 saturated carbocycles. The number of aliphatic imine (C=N–C) groups is 1. The molecule has 1 aromatic carbocycles. The Kier molecular flexibility index (Phi) is 10.3. The first-order valence-corrected chi connectivity index (χ1v) is 10.0. The fraction of sp³-hybridized carbons (Fsp3) is 0.500. The number of halogens is 1. The van der Waals surface area contributed by atoms with Gasteiger partial charge in [0.05, 0.1) is 26.5 Å². The average molecular weight is 513 g/mol. The molecule has 2 heterocycles. The third-order valence-electron chi connectivity index (χ3n) is 4.95. The maximum Gasteiger partial charge on any atom is 0.194 e. The molecule has 0 bridgehead atoms. The first kappa shape index (κ1) is 23.5. The van der Waals surface area contributed by atoms with Gasteiger partial charge in [0, 0.05) is 38.6 Å². The monoisotopic (exact) mass is 513 g/mol. The molecule has 0 aliphatic carbocycles. The molecule has 1 saturated heterocycles. The van der Waals surface area contributed by atoms with Crippen molar-refractivity contribution in [1.82, 2.24) is 10.2 Å². The highest BCUT2D eigenvalue weighted by Gasteiger charge is 2.25. The van der Waals surface area contributed by atoms with Crippen LogP contribution in [-0.2, 0) is 17.7 Å². The minimum atomic E-state index is 0. The van der Waals surface area contributed by atoms with E-state index in [-0.39, 0.29) is 24.0 Å². The first-order chi connectivity index (χ1) is 13.8. The molecule has 1 unspecified atom stereocenters. The summed E-state index contributed by atoms with van der Waals surface area (Å²) in [6.07, 6.45) is 3.69.